The summed E-state index contributed by atoms with van der Waals surface area (Å²) in [4.78, 5) is 6.32. The van der Waals surface area contributed by atoms with E-state index in [0.29, 0.717) is 6.61 Å². The molecule has 1 fully saturated rings. The van der Waals surface area contributed by atoms with Crippen LogP contribution in [0.15, 0.2) is 5.16 Å². The van der Waals surface area contributed by atoms with Crippen molar-refractivity contribution in [2.24, 2.45) is 5.16 Å². The largest absolute Gasteiger partial charge is 0.390 e. The van der Waals surface area contributed by atoms with Gasteiger partial charge in [-0.1, -0.05) is 0 Å². The molecule has 0 spiro atoms. The number of morpholine rings is 1. The van der Waals surface area contributed by atoms with Gasteiger partial charge in [-0.15, -0.1) is 5.16 Å². The van der Waals surface area contributed by atoms with E-state index >= 15 is 0 Å². The summed E-state index contributed by atoms with van der Waals surface area (Å²) in [5.74, 6) is 0. The summed E-state index contributed by atoms with van der Waals surface area (Å²) in [6, 6.07) is 0. The molecule has 0 bridgehead atoms. The van der Waals surface area contributed by atoms with Gasteiger partial charge in [0.2, 0.25) is 0 Å². The van der Waals surface area contributed by atoms with Crippen molar-refractivity contribution in [2.75, 3.05) is 39.5 Å². The molecule has 4 nitrogen and oxygen atoms in total. The Labute approximate surface area is 66.8 Å². The van der Waals surface area contributed by atoms with Gasteiger partial charge < -0.3 is 14.5 Å². The van der Waals surface area contributed by atoms with Crippen LogP contribution in [0.5, 0.6) is 0 Å². The van der Waals surface area contributed by atoms with E-state index in [1.165, 1.54) is 4.90 Å². The average Bonchev–Trinajstić information content (AvgIpc) is 2.07. The predicted molar refractivity (Wildman–Crippen MR) is 41.9 cm³/mol. The fourth-order valence-electron chi connectivity index (χ4n) is 1.16. The van der Waals surface area contributed by atoms with Crippen LogP contribution in [0.4, 0.5) is 0 Å². The van der Waals surface area contributed by atoms with E-state index in [0.717, 1.165) is 32.8 Å². The van der Waals surface area contributed by atoms with Crippen molar-refractivity contribution >= 4 is 6.72 Å². The Hall–Kier alpha value is -0.610. The number of ether oxygens (including phenoxy) is 1. The fourth-order valence-corrected chi connectivity index (χ4v) is 1.16. The van der Waals surface area contributed by atoms with Gasteiger partial charge in [0, 0.05) is 6.72 Å². The molecule has 0 aromatic heterocycles. The standard InChI is InChI=1S/C7H14N2O2/c1-8-11-7-4-9-2-5-10-6-3-9/h1-7H2/p+1. The molecule has 11 heavy (non-hydrogen) atoms. The molecule has 1 rings (SSSR count). The molecule has 0 aromatic carbocycles. The van der Waals surface area contributed by atoms with Crippen molar-refractivity contribution in [3.8, 4) is 0 Å². The second-order valence-corrected chi connectivity index (χ2v) is 2.57. The lowest BCUT2D eigenvalue weighted by molar-refractivity contribution is -0.908. The zero-order chi connectivity index (χ0) is 7.94. The van der Waals surface area contributed by atoms with E-state index < -0.39 is 0 Å². The smallest absolute Gasteiger partial charge is 0.165 e. The van der Waals surface area contributed by atoms with Crippen LogP contribution >= 0.6 is 0 Å². The molecule has 1 heterocycles. The third kappa shape index (κ3) is 3.34. The summed E-state index contributed by atoms with van der Waals surface area (Å²) in [5.41, 5.74) is 0. The predicted octanol–water partition coefficient (Wildman–Crippen LogP) is -1.47. The summed E-state index contributed by atoms with van der Waals surface area (Å²) in [7, 11) is 0. The molecule has 1 saturated heterocycles. The van der Waals surface area contributed by atoms with Gasteiger partial charge in [0.15, 0.2) is 6.61 Å². The molecule has 64 valence electrons. The first-order valence-corrected chi connectivity index (χ1v) is 3.93. The highest BCUT2D eigenvalue weighted by atomic mass is 16.6. The summed E-state index contributed by atoms with van der Waals surface area (Å²) in [6.45, 7) is 8.82. The van der Waals surface area contributed by atoms with Gasteiger partial charge in [0.05, 0.1) is 13.2 Å². The molecule has 1 aliphatic heterocycles. The first-order valence-electron chi connectivity index (χ1n) is 3.93. The fraction of sp³-hybridized carbons (Fsp3) is 0.857. The van der Waals surface area contributed by atoms with Crippen LogP contribution in [0.3, 0.4) is 0 Å². The van der Waals surface area contributed by atoms with Gasteiger partial charge in [-0.3, -0.25) is 0 Å². The molecular weight excluding hydrogens is 144 g/mol. The van der Waals surface area contributed by atoms with E-state index in [9.17, 15) is 0 Å². The molecule has 0 aliphatic carbocycles. The Bertz CT molecular complexity index is 113. The minimum Gasteiger partial charge on any atom is -0.390 e. The molecule has 1 aliphatic rings. The van der Waals surface area contributed by atoms with Gasteiger partial charge in [0.1, 0.15) is 19.6 Å². The molecule has 0 saturated carbocycles. The van der Waals surface area contributed by atoms with E-state index in [2.05, 4.69) is 11.9 Å². The number of hydrogen-bond donors (Lipinski definition) is 1. The van der Waals surface area contributed by atoms with Gasteiger partial charge in [-0.05, 0) is 0 Å². The Morgan fingerprint density at radius 2 is 2.18 bits per heavy atom. The highest BCUT2D eigenvalue weighted by Gasteiger charge is 2.12. The highest BCUT2D eigenvalue weighted by Crippen LogP contribution is 1.75. The third-order valence-corrected chi connectivity index (χ3v) is 1.84. The van der Waals surface area contributed by atoms with Gasteiger partial charge in [-0.2, -0.15) is 0 Å². The summed E-state index contributed by atoms with van der Waals surface area (Å²) < 4.78 is 5.21. The van der Waals surface area contributed by atoms with Crippen molar-refractivity contribution in [2.45, 2.75) is 0 Å². The van der Waals surface area contributed by atoms with Crippen molar-refractivity contribution in [3.05, 3.63) is 0 Å². The minimum atomic E-state index is 0.666. The van der Waals surface area contributed by atoms with Crippen LogP contribution in [-0.4, -0.2) is 46.2 Å². The second-order valence-electron chi connectivity index (χ2n) is 2.57. The number of quaternary nitrogens is 1. The van der Waals surface area contributed by atoms with Crippen LogP contribution in [0, 0.1) is 0 Å². The number of hydrogen-bond acceptors (Lipinski definition) is 3. The Morgan fingerprint density at radius 3 is 2.82 bits per heavy atom. The summed E-state index contributed by atoms with van der Waals surface area (Å²) >= 11 is 0. The van der Waals surface area contributed by atoms with E-state index in [1.807, 2.05) is 0 Å². The lowest BCUT2D eigenvalue weighted by atomic mass is 10.4. The molecule has 0 aromatic rings. The molecular formula is C7H15N2O2+. The average molecular weight is 159 g/mol. The second kappa shape index (κ2) is 5.09. The Morgan fingerprint density at radius 1 is 1.45 bits per heavy atom. The van der Waals surface area contributed by atoms with E-state index in [-0.39, 0.29) is 0 Å². The maximum absolute atomic E-state index is 5.21. The van der Waals surface area contributed by atoms with Crippen LogP contribution in [-0.2, 0) is 9.57 Å². The highest BCUT2D eigenvalue weighted by molar-refractivity contribution is 5.21. The van der Waals surface area contributed by atoms with Crippen molar-refractivity contribution in [1.29, 1.82) is 0 Å². The number of nitrogens with one attached hydrogen (secondary N) is 1. The first kappa shape index (κ1) is 8.49. The third-order valence-electron chi connectivity index (χ3n) is 1.84. The zero-order valence-electron chi connectivity index (χ0n) is 6.71. The number of oxime groups is 1. The van der Waals surface area contributed by atoms with Gasteiger partial charge in [0.25, 0.3) is 0 Å². The van der Waals surface area contributed by atoms with Crippen LogP contribution < -0.4 is 4.90 Å². The van der Waals surface area contributed by atoms with E-state index in [4.69, 9.17) is 9.57 Å². The van der Waals surface area contributed by atoms with Crippen molar-refractivity contribution < 1.29 is 14.5 Å². The molecule has 0 amide bonds. The topological polar surface area (TPSA) is 35.3 Å². The molecule has 4 heteroatoms. The zero-order valence-corrected chi connectivity index (χ0v) is 6.71. The lowest BCUT2D eigenvalue weighted by Crippen LogP contribution is -3.14. The maximum Gasteiger partial charge on any atom is 0.165 e. The van der Waals surface area contributed by atoms with Crippen molar-refractivity contribution in [3.63, 3.8) is 0 Å². The number of nitrogens with zero attached hydrogens (tertiary/aromatic N) is 1. The van der Waals surface area contributed by atoms with E-state index in [1.54, 1.807) is 0 Å². The molecule has 0 atom stereocenters. The molecule has 1 N–H and O–H groups in total. The van der Waals surface area contributed by atoms with Crippen LogP contribution in [0.25, 0.3) is 0 Å². The monoisotopic (exact) mass is 159 g/mol. The van der Waals surface area contributed by atoms with Crippen LogP contribution in [0.2, 0.25) is 0 Å². The molecule has 0 unspecified atom stereocenters. The van der Waals surface area contributed by atoms with Gasteiger partial charge >= 0.3 is 0 Å². The minimum absolute atomic E-state index is 0.666. The maximum atomic E-state index is 5.21. The van der Waals surface area contributed by atoms with Crippen molar-refractivity contribution in [1.82, 2.24) is 0 Å². The normalized spacial score (nSPS) is 19.6. The van der Waals surface area contributed by atoms with Gasteiger partial charge in [-0.25, -0.2) is 0 Å². The summed E-state index contributed by atoms with van der Waals surface area (Å²) in [6.07, 6.45) is 0. The lowest BCUT2D eigenvalue weighted by Gasteiger charge is -2.22. The number of rotatable bonds is 4. The summed E-state index contributed by atoms with van der Waals surface area (Å²) in [5, 5.41) is 3.33. The SMILES string of the molecule is C=NOCC[NH+]1CCOCC1. The Balaban J connectivity index is 2.00. The van der Waals surface area contributed by atoms with Crippen LogP contribution in [0.1, 0.15) is 0 Å². The Kier molecular flexibility index (Phi) is 3.93. The molecule has 0 radical (unpaired) electrons. The quantitative estimate of drug-likeness (QED) is 0.309. The first-order chi connectivity index (χ1) is 5.43.